The lowest BCUT2D eigenvalue weighted by atomic mass is 10.0. The van der Waals surface area contributed by atoms with Crippen LogP contribution < -0.4 is 5.73 Å². The van der Waals surface area contributed by atoms with Crippen LogP contribution in [0.4, 0.5) is 0 Å². The molecule has 1 heterocycles. The summed E-state index contributed by atoms with van der Waals surface area (Å²) >= 11 is 0. The molecule has 0 saturated carbocycles. The molecule has 0 spiro atoms. The Morgan fingerprint density at radius 1 is 1.00 bits per heavy atom. The van der Waals surface area contributed by atoms with Gasteiger partial charge in [-0.2, -0.15) is 0 Å². The fourth-order valence-electron chi connectivity index (χ4n) is 1.50. The lowest BCUT2D eigenvalue weighted by Crippen LogP contribution is -2.10. The molecule has 0 radical (unpaired) electrons. The monoisotopic (exact) mass is 220 g/mol. The summed E-state index contributed by atoms with van der Waals surface area (Å²) in [7, 11) is 0. The third-order valence-electron chi connectivity index (χ3n) is 2.42. The van der Waals surface area contributed by atoms with Gasteiger partial charge in [-0.05, 0) is 36.6 Å². The third kappa shape index (κ3) is 3.09. The van der Waals surface area contributed by atoms with Crippen LogP contribution in [0.25, 0.3) is 0 Å². The Labute approximate surface area is 99.6 Å². The molecule has 0 saturated heterocycles. The second kappa shape index (κ2) is 7.04. The van der Waals surface area contributed by atoms with E-state index in [1.54, 1.807) is 0 Å². The van der Waals surface area contributed by atoms with Crippen LogP contribution in [-0.2, 0) is 6.54 Å². The highest BCUT2D eigenvalue weighted by atomic mass is 14.9. The molecule has 0 bridgehead atoms. The number of benzene rings is 1. The van der Waals surface area contributed by atoms with Crippen molar-refractivity contribution in [2.24, 2.45) is 10.7 Å². The molecule has 0 atom stereocenters. The highest BCUT2D eigenvalue weighted by molar-refractivity contribution is 6.01. The smallest absolute Gasteiger partial charge is 0.126 e. The van der Waals surface area contributed by atoms with Crippen LogP contribution in [0, 0.1) is 13.8 Å². The van der Waals surface area contributed by atoms with Gasteiger partial charge in [-0.15, -0.1) is 0 Å². The SMILES string of the molecule is CC.CC.Cc1cc2c(cc1C)C(N)=NC2. The lowest BCUT2D eigenvalue weighted by Gasteiger charge is -2.04. The van der Waals surface area contributed by atoms with E-state index in [9.17, 15) is 0 Å². The minimum atomic E-state index is 0.688. The first-order valence-corrected chi connectivity index (χ1v) is 6.09. The van der Waals surface area contributed by atoms with Gasteiger partial charge in [0.2, 0.25) is 0 Å². The zero-order chi connectivity index (χ0) is 12.7. The second-order valence-electron chi connectivity index (χ2n) is 3.30. The van der Waals surface area contributed by atoms with Gasteiger partial charge in [0.25, 0.3) is 0 Å². The van der Waals surface area contributed by atoms with Crippen LogP contribution in [0.3, 0.4) is 0 Å². The predicted molar refractivity (Wildman–Crippen MR) is 73.0 cm³/mol. The molecule has 0 fully saturated rings. The minimum Gasteiger partial charge on any atom is -0.383 e. The van der Waals surface area contributed by atoms with Crippen LogP contribution in [0.5, 0.6) is 0 Å². The highest BCUT2D eigenvalue weighted by Gasteiger charge is 2.13. The van der Waals surface area contributed by atoms with Crippen molar-refractivity contribution < 1.29 is 0 Å². The maximum Gasteiger partial charge on any atom is 0.126 e. The molecule has 0 aromatic heterocycles. The van der Waals surface area contributed by atoms with E-state index >= 15 is 0 Å². The number of fused-ring (bicyclic) bond motifs is 1. The van der Waals surface area contributed by atoms with Crippen molar-refractivity contribution in [2.75, 3.05) is 0 Å². The lowest BCUT2D eigenvalue weighted by molar-refractivity contribution is 1.10. The summed E-state index contributed by atoms with van der Waals surface area (Å²) in [6.07, 6.45) is 0. The molecule has 2 N–H and O–H groups in total. The van der Waals surface area contributed by atoms with Crippen molar-refractivity contribution in [3.63, 3.8) is 0 Å². The van der Waals surface area contributed by atoms with E-state index < -0.39 is 0 Å². The van der Waals surface area contributed by atoms with E-state index in [1.165, 1.54) is 16.7 Å². The number of rotatable bonds is 0. The molecule has 0 unspecified atom stereocenters. The summed E-state index contributed by atoms with van der Waals surface area (Å²) in [4.78, 5) is 4.18. The topological polar surface area (TPSA) is 38.4 Å². The first kappa shape index (κ1) is 14.7. The number of hydrogen-bond acceptors (Lipinski definition) is 2. The fraction of sp³-hybridized carbons (Fsp3) is 0.500. The summed E-state index contributed by atoms with van der Waals surface area (Å²) in [5.41, 5.74) is 10.7. The van der Waals surface area contributed by atoms with E-state index in [4.69, 9.17) is 5.73 Å². The molecule has 1 aliphatic heterocycles. The standard InChI is InChI=1S/C10H12N2.2C2H6/c1-6-3-8-5-12-10(11)9(8)4-7(6)2;2*1-2/h3-4H,5H2,1-2H3,(H2,11,12);2*1-2H3. The first-order valence-electron chi connectivity index (χ1n) is 6.09. The molecule has 0 aliphatic carbocycles. The molecule has 1 aromatic rings. The minimum absolute atomic E-state index is 0.688. The van der Waals surface area contributed by atoms with Crippen molar-refractivity contribution in [2.45, 2.75) is 48.1 Å². The number of nitrogens with zero attached hydrogens (tertiary/aromatic N) is 1. The van der Waals surface area contributed by atoms with E-state index in [-0.39, 0.29) is 0 Å². The highest BCUT2D eigenvalue weighted by Crippen LogP contribution is 2.20. The Bertz CT molecular complexity index is 365. The van der Waals surface area contributed by atoms with Crippen molar-refractivity contribution in [3.8, 4) is 0 Å². The fourth-order valence-corrected chi connectivity index (χ4v) is 1.50. The van der Waals surface area contributed by atoms with Crippen LogP contribution in [-0.4, -0.2) is 5.84 Å². The largest absolute Gasteiger partial charge is 0.383 e. The van der Waals surface area contributed by atoms with Gasteiger partial charge in [0.15, 0.2) is 0 Å². The van der Waals surface area contributed by atoms with Crippen LogP contribution in [0.2, 0.25) is 0 Å². The summed E-state index contributed by atoms with van der Waals surface area (Å²) < 4.78 is 0. The third-order valence-corrected chi connectivity index (χ3v) is 2.42. The molecule has 0 amide bonds. The molecule has 1 aliphatic rings. The number of amidine groups is 1. The molecule has 90 valence electrons. The summed E-state index contributed by atoms with van der Waals surface area (Å²) in [5, 5.41) is 0. The van der Waals surface area contributed by atoms with Crippen molar-refractivity contribution in [1.29, 1.82) is 0 Å². The zero-order valence-corrected chi connectivity index (χ0v) is 11.4. The summed E-state index contributed by atoms with van der Waals surface area (Å²) in [5.74, 6) is 0.688. The average Bonchev–Trinajstić information content (AvgIpc) is 2.67. The van der Waals surface area contributed by atoms with Gasteiger partial charge < -0.3 is 5.73 Å². The van der Waals surface area contributed by atoms with E-state index in [1.807, 2.05) is 27.7 Å². The number of nitrogens with two attached hydrogens (primary N) is 1. The van der Waals surface area contributed by atoms with E-state index in [2.05, 4.69) is 31.0 Å². The first-order chi connectivity index (χ1) is 7.68. The normalized spacial score (nSPS) is 11.5. The predicted octanol–water partition coefficient (Wildman–Crippen LogP) is 3.57. The Kier molecular flexibility index (Phi) is 6.47. The Hall–Kier alpha value is -1.31. The Morgan fingerprint density at radius 2 is 1.50 bits per heavy atom. The molecule has 2 rings (SSSR count). The van der Waals surface area contributed by atoms with Gasteiger partial charge in [-0.1, -0.05) is 33.8 Å². The zero-order valence-electron chi connectivity index (χ0n) is 11.4. The maximum atomic E-state index is 5.72. The van der Waals surface area contributed by atoms with Gasteiger partial charge in [-0.25, -0.2) is 0 Å². The Balaban J connectivity index is 0.000000509. The van der Waals surface area contributed by atoms with Crippen LogP contribution >= 0.6 is 0 Å². The summed E-state index contributed by atoms with van der Waals surface area (Å²) in [6.45, 7) is 13.0. The van der Waals surface area contributed by atoms with E-state index in [0.29, 0.717) is 5.84 Å². The van der Waals surface area contributed by atoms with Crippen LogP contribution in [0.15, 0.2) is 17.1 Å². The number of aryl methyl sites for hydroxylation is 2. The van der Waals surface area contributed by atoms with Gasteiger partial charge >= 0.3 is 0 Å². The molecule has 2 nitrogen and oxygen atoms in total. The number of aliphatic imine (C=N–C) groups is 1. The quantitative estimate of drug-likeness (QED) is 0.713. The second-order valence-corrected chi connectivity index (χ2v) is 3.30. The number of hydrogen-bond donors (Lipinski definition) is 1. The Morgan fingerprint density at radius 3 is 2.06 bits per heavy atom. The van der Waals surface area contributed by atoms with E-state index in [0.717, 1.165) is 12.1 Å². The van der Waals surface area contributed by atoms with Gasteiger partial charge in [-0.3, -0.25) is 4.99 Å². The molecule has 16 heavy (non-hydrogen) atoms. The molecule has 2 heteroatoms. The average molecular weight is 220 g/mol. The van der Waals surface area contributed by atoms with Crippen molar-refractivity contribution in [3.05, 3.63) is 34.4 Å². The van der Waals surface area contributed by atoms with Crippen molar-refractivity contribution >= 4 is 5.84 Å². The molecular weight excluding hydrogens is 196 g/mol. The van der Waals surface area contributed by atoms with Crippen molar-refractivity contribution in [1.82, 2.24) is 0 Å². The molecule has 1 aromatic carbocycles. The molecular formula is C14H24N2. The van der Waals surface area contributed by atoms with Crippen LogP contribution in [0.1, 0.15) is 49.9 Å². The van der Waals surface area contributed by atoms with Gasteiger partial charge in [0.05, 0.1) is 6.54 Å². The van der Waals surface area contributed by atoms with Gasteiger partial charge in [0, 0.05) is 5.56 Å². The van der Waals surface area contributed by atoms with Gasteiger partial charge in [0.1, 0.15) is 5.84 Å². The summed E-state index contributed by atoms with van der Waals surface area (Å²) in [6, 6.07) is 4.30. The maximum absolute atomic E-state index is 5.72.